The summed E-state index contributed by atoms with van der Waals surface area (Å²) in [4.78, 5) is 26.0. The van der Waals surface area contributed by atoms with Crippen molar-refractivity contribution in [1.82, 2.24) is 24.8 Å². The third-order valence-electron chi connectivity index (χ3n) is 7.99. The lowest BCUT2D eigenvalue weighted by Gasteiger charge is -2.33. The Morgan fingerprint density at radius 2 is 1.89 bits per heavy atom. The molecule has 3 aromatic rings. The molecule has 4 aliphatic rings. The Morgan fingerprint density at radius 1 is 0.943 bits per heavy atom. The molecule has 7 rings (SSSR count). The van der Waals surface area contributed by atoms with E-state index in [0.29, 0.717) is 30.2 Å². The highest BCUT2D eigenvalue weighted by Crippen LogP contribution is 2.35. The fourth-order valence-corrected chi connectivity index (χ4v) is 6.16. The normalized spacial score (nSPS) is 27.3. The van der Waals surface area contributed by atoms with Crippen LogP contribution in [0, 0.1) is 6.92 Å². The number of anilines is 4. The standard InChI is InChI=1S/C26H30N8O/c1-16-7-18(11-29-25(16)34-13-19-8-20(34)12-32(19)2)30-26-27-6-5-23(31-26)17-3-4-24(28-10-17)33-14-22-9-21(33)15-35-22/h3-7,10-11,19-22H,8-9,12-15H2,1-2H3,(H,27,30,31)/t19-,20-,21-,22-/m0/s1. The monoisotopic (exact) mass is 470 g/mol. The molecule has 0 aliphatic carbocycles. The molecule has 0 saturated carbocycles. The summed E-state index contributed by atoms with van der Waals surface area (Å²) in [7, 11) is 2.22. The maximum Gasteiger partial charge on any atom is 0.227 e. The van der Waals surface area contributed by atoms with Gasteiger partial charge in [0, 0.05) is 49.7 Å². The number of rotatable bonds is 5. The lowest BCUT2D eigenvalue weighted by molar-refractivity contribution is 0.0989. The van der Waals surface area contributed by atoms with Crippen LogP contribution in [0.3, 0.4) is 0 Å². The summed E-state index contributed by atoms with van der Waals surface area (Å²) in [6, 6.07) is 9.90. The van der Waals surface area contributed by atoms with Crippen molar-refractivity contribution in [2.24, 2.45) is 0 Å². The largest absolute Gasteiger partial charge is 0.374 e. The molecule has 0 amide bonds. The number of fused-ring (bicyclic) bond motifs is 4. The Labute approximate surface area is 205 Å². The van der Waals surface area contributed by atoms with Crippen LogP contribution in [0.4, 0.5) is 23.3 Å². The minimum absolute atomic E-state index is 0.358. The molecule has 3 aromatic heterocycles. The maximum atomic E-state index is 5.71. The Morgan fingerprint density at radius 3 is 2.57 bits per heavy atom. The van der Waals surface area contributed by atoms with Crippen LogP contribution in [0.2, 0.25) is 0 Å². The summed E-state index contributed by atoms with van der Waals surface area (Å²) < 4.78 is 5.71. The molecule has 9 heteroatoms. The highest BCUT2D eigenvalue weighted by molar-refractivity contribution is 5.64. The summed E-state index contributed by atoms with van der Waals surface area (Å²) in [5.74, 6) is 2.66. The van der Waals surface area contributed by atoms with Crippen molar-refractivity contribution in [2.75, 3.05) is 48.4 Å². The molecule has 0 radical (unpaired) electrons. The zero-order valence-electron chi connectivity index (χ0n) is 20.1. The number of aryl methyl sites for hydroxylation is 1. The van der Waals surface area contributed by atoms with Crippen LogP contribution < -0.4 is 15.1 Å². The van der Waals surface area contributed by atoms with Gasteiger partial charge in [-0.05, 0) is 56.6 Å². The van der Waals surface area contributed by atoms with Gasteiger partial charge in [-0.25, -0.2) is 19.9 Å². The third kappa shape index (κ3) is 3.70. The Balaban J connectivity index is 1.06. The van der Waals surface area contributed by atoms with E-state index in [2.05, 4.69) is 57.2 Å². The molecule has 7 heterocycles. The zero-order chi connectivity index (χ0) is 23.5. The molecule has 4 fully saturated rings. The van der Waals surface area contributed by atoms with Gasteiger partial charge in [0.05, 0.1) is 36.3 Å². The molecule has 9 nitrogen and oxygen atoms in total. The van der Waals surface area contributed by atoms with Gasteiger partial charge in [-0.2, -0.15) is 0 Å². The number of hydrogen-bond donors (Lipinski definition) is 1. The second kappa shape index (κ2) is 8.13. The maximum absolute atomic E-state index is 5.71. The molecule has 180 valence electrons. The lowest BCUT2D eigenvalue weighted by Crippen LogP contribution is -2.45. The van der Waals surface area contributed by atoms with Crippen LogP contribution in [-0.2, 0) is 4.74 Å². The molecular weight excluding hydrogens is 440 g/mol. The number of piperazine rings is 1. The molecule has 0 unspecified atom stereocenters. The Bertz CT molecular complexity index is 1250. The number of pyridine rings is 2. The van der Waals surface area contributed by atoms with Gasteiger partial charge >= 0.3 is 0 Å². The second-order valence-electron chi connectivity index (χ2n) is 10.3. The van der Waals surface area contributed by atoms with Crippen LogP contribution in [-0.4, -0.2) is 82.4 Å². The SMILES string of the molecule is Cc1cc(Nc2nccc(-c3ccc(N4C[C@@H]5C[C@H]4CO5)nc3)n2)cnc1N1C[C@@H]2C[C@H]1CN2C. The van der Waals surface area contributed by atoms with Gasteiger partial charge in [-0.15, -0.1) is 0 Å². The average Bonchev–Trinajstić information content (AvgIpc) is 3.66. The Hall–Kier alpha value is -3.30. The average molecular weight is 471 g/mol. The van der Waals surface area contributed by atoms with E-state index < -0.39 is 0 Å². The second-order valence-corrected chi connectivity index (χ2v) is 10.3. The van der Waals surface area contributed by atoms with E-state index in [0.717, 1.165) is 61.2 Å². The predicted molar refractivity (Wildman–Crippen MR) is 135 cm³/mol. The molecular formula is C26H30N8O. The van der Waals surface area contributed by atoms with Crippen LogP contribution in [0.15, 0.2) is 42.9 Å². The smallest absolute Gasteiger partial charge is 0.227 e. The minimum Gasteiger partial charge on any atom is -0.374 e. The summed E-state index contributed by atoms with van der Waals surface area (Å²) in [6.07, 6.45) is 8.27. The third-order valence-corrected chi connectivity index (χ3v) is 7.99. The van der Waals surface area contributed by atoms with Crippen molar-refractivity contribution in [3.63, 3.8) is 0 Å². The van der Waals surface area contributed by atoms with Crippen molar-refractivity contribution in [3.8, 4) is 11.3 Å². The number of likely N-dealkylation sites (N-methyl/N-ethyl adjacent to an activating group) is 1. The van der Waals surface area contributed by atoms with Gasteiger partial charge < -0.3 is 19.9 Å². The van der Waals surface area contributed by atoms with Gasteiger partial charge in [-0.1, -0.05) is 0 Å². The fourth-order valence-electron chi connectivity index (χ4n) is 6.16. The fraction of sp³-hybridized carbons (Fsp3) is 0.462. The highest BCUT2D eigenvalue weighted by atomic mass is 16.5. The molecule has 0 spiro atoms. The molecule has 1 N–H and O–H groups in total. The summed E-state index contributed by atoms with van der Waals surface area (Å²) in [5.41, 5.74) is 3.87. The van der Waals surface area contributed by atoms with Crippen LogP contribution in [0.1, 0.15) is 18.4 Å². The first-order valence-electron chi connectivity index (χ1n) is 12.5. The summed E-state index contributed by atoms with van der Waals surface area (Å²) in [6.45, 7) is 6.05. The zero-order valence-corrected chi connectivity index (χ0v) is 20.1. The van der Waals surface area contributed by atoms with Crippen LogP contribution in [0.25, 0.3) is 11.3 Å². The molecule has 35 heavy (non-hydrogen) atoms. The molecule has 4 saturated heterocycles. The molecule has 4 aliphatic heterocycles. The highest BCUT2D eigenvalue weighted by Gasteiger charge is 2.42. The topological polar surface area (TPSA) is 82.5 Å². The van der Waals surface area contributed by atoms with Crippen molar-refractivity contribution in [3.05, 3.63) is 48.4 Å². The van der Waals surface area contributed by atoms with Gasteiger partial charge in [0.2, 0.25) is 5.95 Å². The Kier molecular flexibility index (Phi) is 4.89. The van der Waals surface area contributed by atoms with E-state index in [1.165, 1.54) is 12.0 Å². The van der Waals surface area contributed by atoms with Gasteiger partial charge in [0.25, 0.3) is 0 Å². The first-order valence-corrected chi connectivity index (χ1v) is 12.5. The summed E-state index contributed by atoms with van der Waals surface area (Å²) in [5, 5.41) is 3.33. The molecule has 4 atom stereocenters. The number of morpholine rings is 1. The van der Waals surface area contributed by atoms with E-state index in [9.17, 15) is 0 Å². The lowest BCUT2D eigenvalue weighted by atomic mass is 10.2. The van der Waals surface area contributed by atoms with E-state index in [1.807, 2.05) is 18.5 Å². The minimum atomic E-state index is 0.358. The first kappa shape index (κ1) is 21.0. The van der Waals surface area contributed by atoms with Crippen molar-refractivity contribution in [1.29, 1.82) is 0 Å². The van der Waals surface area contributed by atoms with Gasteiger partial charge in [0.1, 0.15) is 11.6 Å². The van der Waals surface area contributed by atoms with Gasteiger partial charge in [0.15, 0.2) is 0 Å². The van der Waals surface area contributed by atoms with E-state index in [-0.39, 0.29) is 0 Å². The van der Waals surface area contributed by atoms with Crippen LogP contribution in [0.5, 0.6) is 0 Å². The quantitative estimate of drug-likeness (QED) is 0.605. The number of nitrogens with one attached hydrogen (secondary N) is 1. The number of nitrogens with zero attached hydrogens (tertiary/aromatic N) is 7. The van der Waals surface area contributed by atoms with E-state index in [1.54, 1.807) is 6.20 Å². The number of ether oxygens (including phenoxy) is 1. The first-order chi connectivity index (χ1) is 17.1. The predicted octanol–water partition coefficient (Wildman–Crippen LogP) is 2.86. The van der Waals surface area contributed by atoms with Crippen LogP contribution >= 0.6 is 0 Å². The number of hydrogen-bond acceptors (Lipinski definition) is 9. The van der Waals surface area contributed by atoms with E-state index >= 15 is 0 Å². The number of aromatic nitrogens is 4. The van der Waals surface area contributed by atoms with Crippen molar-refractivity contribution in [2.45, 2.75) is 44.0 Å². The number of likely N-dealkylation sites (tertiary alicyclic amines) is 1. The van der Waals surface area contributed by atoms with E-state index in [4.69, 9.17) is 19.7 Å². The molecule has 4 bridgehead atoms. The van der Waals surface area contributed by atoms with Gasteiger partial charge in [-0.3, -0.25) is 4.90 Å². The van der Waals surface area contributed by atoms with Crippen molar-refractivity contribution < 1.29 is 4.74 Å². The summed E-state index contributed by atoms with van der Waals surface area (Å²) >= 11 is 0. The molecule has 0 aromatic carbocycles. The van der Waals surface area contributed by atoms with Crippen molar-refractivity contribution >= 4 is 23.3 Å².